The smallest absolute Gasteiger partial charge is 0.310 e. The van der Waals surface area contributed by atoms with E-state index >= 15 is 0 Å². The lowest BCUT2D eigenvalue weighted by molar-refractivity contribution is -0.138. The molecule has 0 bridgehead atoms. The summed E-state index contributed by atoms with van der Waals surface area (Å²) in [6.07, 6.45) is 6.07. The molecule has 0 aromatic carbocycles. The summed E-state index contributed by atoms with van der Waals surface area (Å²) in [6.45, 7) is 17.6. The molecule has 4 nitrogen and oxygen atoms in total. The minimum Gasteiger partial charge on any atom is -0.481 e. The molecule has 0 aromatic rings. The lowest BCUT2D eigenvalue weighted by atomic mass is 9.89. The molecule has 0 spiro atoms. The average molecular weight is 300 g/mol. The summed E-state index contributed by atoms with van der Waals surface area (Å²) in [5.74, 6) is -0.916. The molecule has 0 saturated heterocycles. The second-order valence-corrected chi connectivity index (χ2v) is 5.53. The van der Waals surface area contributed by atoms with E-state index < -0.39 is 5.97 Å². The van der Waals surface area contributed by atoms with Crippen LogP contribution < -0.4 is 0 Å². The quantitative estimate of drug-likeness (QED) is 0.312. The molecule has 0 heterocycles. The van der Waals surface area contributed by atoms with Gasteiger partial charge in [0.15, 0.2) is 0 Å². The first kappa shape index (κ1) is 24.4. The number of carboxylic acids is 1. The first-order valence-electron chi connectivity index (χ1n) is 7.25. The van der Waals surface area contributed by atoms with Gasteiger partial charge in [-0.25, -0.2) is 0 Å². The van der Waals surface area contributed by atoms with Crippen molar-refractivity contribution in [3.63, 3.8) is 0 Å². The summed E-state index contributed by atoms with van der Waals surface area (Å²) in [4.78, 5) is 20.3. The van der Waals surface area contributed by atoms with Crippen LogP contribution in [0.15, 0.2) is 26.0 Å². The molecule has 0 atom stereocenters. The summed E-state index contributed by atoms with van der Waals surface area (Å²) in [7, 11) is 0. The highest BCUT2D eigenvalue weighted by Gasteiger charge is 2.08. The van der Waals surface area contributed by atoms with Gasteiger partial charge < -0.3 is 9.84 Å². The number of esters is 1. The van der Waals surface area contributed by atoms with Gasteiger partial charge in [0.1, 0.15) is 0 Å². The SMILES string of the molecule is C=C.C=COC(=O)CC.CC(C)(C)CCCCCC(=O)O. The fourth-order valence-corrected chi connectivity index (χ4v) is 1.28. The fourth-order valence-electron chi connectivity index (χ4n) is 1.28. The predicted molar refractivity (Wildman–Crippen MR) is 88.0 cm³/mol. The molecule has 1 N–H and O–H groups in total. The minimum absolute atomic E-state index is 0.241. The van der Waals surface area contributed by atoms with Crippen LogP contribution in [0, 0.1) is 5.41 Å². The maximum absolute atomic E-state index is 10.2. The van der Waals surface area contributed by atoms with Crippen molar-refractivity contribution in [3.05, 3.63) is 26.0 Å². The highest BCUT2D eigenvalue weighted by molar-refractivity contribution is 5.69. The number of carbonyl (C=O) groups excluding carboxylic acids is 1. The Hall–Kier alpha value is -1.58. The van der Waals surface area contributed by atoms with Gasteiger partial charge in [-0.3, -0.25) is 9.59 Å². The van der Waals surface area contributed by atoms with Crippen molar-refractivity contribution >= 4 is 11.9 Å². The van der Waals surface area contributed by atoms with Gasteiger partial charge in [0, 0.05) is 12.8 Å². The lowest BCUT2D eigenvalue weighted by Gasteiger charge is -2.17. The summed E-state index contributed by atoms with van der Waals surface area (Å²) >= 11 is 0. The Morgan fingerprint density at radius 1 is 1.14 bits per heavy atom. The van der Waals surface area contributed by atoms with Crippen LogP contribution in [0.2, 0.25) is 0 Å². The summed E-state index contributed by atoms with van der Waals surface area (Å²) < 4.78 is 4.32. The van der Waals surface area contributed by atoms with Crippen molar-refractivity contribution < 1.29 is 19.4 Å². The van der Waals surface area contributed by atoms with Crippen molar-refractivity contribution in [1.82, 2.24) is 0 Å². The van der Waals surface area contributed by atoms with E-state index in [0.29, 0.717) is 18.3 Å². The molecule has 0 aliphatic heterocycles. The van der Waals surface area contributed by atoms with Crippen LogP contribution in [-0.4, -0.2) is 17.0 Å². The van der Waals surface area contributed by atoms with Gasteiger partial charge in [0.2, 0.25) is 0 Å². The van der Waals surface area contributed by atoms with Gasteiger partial charge >= 0.3 is 11.9 Å². The Morgan fingerprint density at radius 2 is 1.67 bits per heavy atom. The number of rotatable bonds is 7. The zero-order chi connectivity index (χ0) is 17.3. The molecular formula is C17H32O4. The Labute approximate surface area is 129 Å². The summed E-state index contributed by atoms with van der Waals surface area (Å²) in [6, 6.07) is 0. The number of ether oxygens (including phenoxy) is 1. The van der Waals surface area contributed by atoms with E-state index in [9.17, 15) is 9.59 Å². The number of carbonyl (C=O) groups is 2. The third-order valence-electron chi connectivity index (χ3n) is 2.32. The third kappa shape index (κ3) is 32.2. The van der Waals surface area contributed by atoms with Crippen LogP contribution in [-0.2, 0) is 14.3 Å². The van der Waals surface area contributed by atoms with Crippen LogP contribution in [0.4, 0.5) is 0 Å². The second-order valence-electron chi connectivity index (χ2n) is 5.53. The Kier molecular flexibility index (Phi) is 19.2. The molecule has 0 aliphatic rings. The predicted octanol–water partition coefficient (Wildman–Crippen LogP) is 4.95. The molecule has 0 rings (SSSR count). The fraction of sp³-hybridized carbons (Fsp3) is 0.647. The average Bonchev–Trinajstić information content (AvgIpc) is 2.40. The first-order valence-corrected chi connectivity index (χ1v) is 7.25. The monoisotopic (exact) mass is 300 g/mol. The maximum atomic E-state index is 10.2. The molecule has 0 aliphatic carbocycles. The van der Waals surface area contributed by atoms with Crippen molar-refractivity contribution in [2.45, 2.75) is 66.2 Å². The van der Waals surface area contributed by atoms with E-state index in [4.69, 9.17) is 5.11 Å². The van der Waals surface area contributed by atoms with Gasteiger partial charge in [0.25, 0.3) is 0 Å². The van der Waals surface area contributed by atoms with E-state index in [1.54, 1.807) is 6.92 Å². The van der Waals surface area contributed by atoms with E-state index in [2.05, 4.69) is 45.2 Å². The number of hydrogen-bond donors (Lipinski definition) is 1. The van der Waals surface area contributed by atoms with Crippen LogP contribution in [0.3, 0.4) is 0 Å². The van der Waals surface area contributed by atoms with Crippen LogP contribution >= 0.6 is 0 Å². The lowest BCUT2D eigenvalue weighted by Crippen LogP contribution is -2.04. The summed E-state index contributed by atoms with van der Waals surface area (Å²) in [5.41, 5.74) is 0.392. The number of carboxylic acid groups (broad SMARTS) is 1. The normalized spacial score (nSPS) is 9.33. The topological polar surface area (TPSA) is 63.6 Å². The van der Waals surface area contributed by atoms with Gasteiger partial charge in [-0.2, -0.15) is 0 Å². The molecule has 4 heteroatoms. The van der Waals surface area contributed by atoms with Gasteiger partial charge in [-0.15, -0.1) is 13.2 Å². The van der Waals surface area contributed by atoms with E-state index in [-0.39, 0.29) is 5.97 Å². The van der Waals surface area contributed by atoms with Gasteiger partial charge in [-0.05, 0) is 18.3 Å². The van der Waals surface area contributed by atoms with Crippen molar-refractivity contribution in [2.24, 2.45) is 5.41 Å². The molecule has 0 radical (unpaired) electrons. The van der Waals surface area contributed by atoms with Crippen molar-refractivity contribution in [2.75, 3.05) is 0 Å². The zero-order valence-corrected chi connectivity index (χ0v) is 14.1. The highest BCUT2D eigenvalue weighted by atomic mass is 16.5. The number of aliphatic carboxylic acids is 1. The summed E-state index contributed by atoms with van der Waals surface area (Å²) in [5, 5.41) is 8.37. The van der Waals surface area contributed by atoms with Crippen molar-refractivity contribution in [1.29, 1.82) is 0 Å². The third-order valence-corrected chi connectivity index (χ3v) is 2.32. The van der Waals surface area contributed by atoms with Crippen LogP contribution in [0.5, 0.6) is 0 Å². The Bertz CT molecular complexity index is 277. The van der Waals surface area contributed by atoms with Gasteiger partial charge in [0.05, 0.1) is 6.26 Å². The molecule has 0 aromatic heterocycles. The molecule has 0 saturated carbocycles. The first-order chi connectivity index (χ1) is 9.72. The minimum atomic E-state index is -0.675. The maximum Gasteiger partial charge on any atom is 0.310 e. The standard InChI is InChI=1S/C10H20O2.C5H8O2.C2H4/c1-10(2,3)8-6-4-5-7-9(11)12;1-3-5(6)7-4-2;1-2/h4-8H2,1-3H3,(H,11,12);4H,2-3H2,1H3;1-2H2. The Morgan fingerprint density at radius 3 is 1.95 bits per heavy atom. The van der Waals surface area contributed by atoms with Crippen molar-refractivity contribution in [3.8, 4) is 0 Å². The van der Waals surface area contributed by atoms with E-state index in [1.165, 1.54) is 6.42 Å². The largest absolute Gasteiger partial charge is 0.481 e. The Balaban J connectivity index is -0.000000307. The van der Waals surface area contributed by atoms with E-state index in [0.717, 1.165) is 25.5 Å². The molecular weight excluding hydrogens is 268 g/mol. The van der Waals surface area contributed by atoms with Crippen LogP contribution in [0.1, 0.15) is 66.2 Å². The molecule has 0 amide bonds. The van der Waals surface area contributed by atoms with Crippen LogP contribution in [0.25, 0.3) is 0 Å². The molecule has 21 heavy (non-hydrogen) atoms. The molecule has 124 valence electrons. The second kappa shape index (κ2) is 16.5. The van der Waals surface area contributed by atoms with E-state index in [1.807, 2.05) is 0 Å². The molecule has 0 unspecified atom stereocenters. The number of unbranched alkanes of at least 4 members (excludes halogenated alkanes) is 2. The zero-order valence-electron chi connectivity index (χ0n) is 14.1. The highest BCUT2D eigenvalue weighted by Crippen LogP contribution is 2.22. The molecule has 0 fully saturated rings. The van der Waals surface area contributed by atoms with Gasteiger partial charge in [-0.1, -0.05) is 47.1 Å². The number of hydrogen-bond acceptors (Lipinski definition) is 3.